The molecule has 16 heavy (non-hydrogen) atoms. The van der Waals surface area contributed by atoms with Gasteiger partial charge < -0.3 is 10.7 Å². The van der Waals surface area contributed by atoms with E-state index >= 15 is 0 Å². The Hall–Kier alpha value is -0.630. The molecule has 2 N–H and O–H groups in total. The molecule has 2 heteroatoms. The summed E-state index contributed by atoms with van der Waals surface area (Å²) in [5, 5.41) is 10.9. The van der Waals surface area contributed by atoms with Crippen LogP contribution in [0.2, 0.25) is 0 Å². The number of nitrogens with one attached hydrogen (secondary N) is 2. The maximum atomic E-state index is 7.80. The number of hydrogen-bond donors (Lipinski definition) is 2. The van der Waals surface area contributed by atoms with Crippen LogP contribution in [-0.4, -0.2) is 18.8 Å². The van der Waals surface area contributed by atoms with Crippen molar-refractivity contribution in [2.75, 3.05) is 7.05 Å². The van der Waals surface area contributed by atoms with Gasteiger partial charge in [0, 0.05) is 11.8 Å². The van der Waals surface area contributed by atoms with Crippen LogP contribution in [0.25, 0.3) is 0 Å². The molecule has 0 rings (SSSR count). The van der Waals surface area contributed by atoms with Gasteiger partial charge >= 0.3 is 0 Å². The van der Waals surface area contributed by atoms with Gasteiger partial charge in [0.2, 0.25) is 0 Å². The van der Waals surface area contributed by atoms with Crippen LogP contribution in [0.1, 0.15) is 59.3 Å². The first-order valence-corrected chi connectivity index (χ1v) is 6.46. The van der Waals surface area contributed by atoms with Crippen molar-refractivity contribution in [3.8, 4) is 0 Å². The van der Waals surface area contributed by atoms with E-state index in [1.807, 2.05) is 7.05 Å². The van der Waals surface area contributed by atoms with Crippen LogP contribution < -0.4 is 5.32 Å². The van der Waals surface area contributed by atoms with Gasteiger partial charge in [-0.25, -0.2) is 0 Å². The van der Waals surface area contributed by atoms with Crippen LogP contribution in [0.3, 0.4) is 0 Å². The standard InChI is InChI=1S/C14H28N2/c1-12(2)10-8-6-5-7-9-11-14(15)13(3)16-4/h10,13,15-16H,5-9,11H2,1-4H3. The van der Waals surface area contributed by atoms with E-state index in [0.717, 1.165) is 12.1 Å². The van der Waals surface area contributed by atoms with Crippen LogP contribution in [0.4, 0.5) is 0 Å². The summed E-state index contributed by atoms with van der Waals surface area (Å²) in [7, 11) is 1.92. The predicted molar refractivity (Wildman–Crippen MR) is 73.4 cm³/mol. The average molecular weight is 224 g/mol. The summed E-state index contributed by atoms with van der Waals surface area (Å²) in [5.74, 6) is 0. The zero-order valence-corrected chi connectivity index (χ0v) is 11.4. The van der Waals surface area contributed by atoms with Crippen molar-refractivity contribution in [2.24, 2.45) is 0 Å². The Kier molecular flexibility index (Phi) is 9.21. The SMILES string of the molecule is CNC(C)C(=N)CCCCCCC=C(C)C. The molecule has 0 fully saturated rings. The van der Waals surface area contributed by atoms with E-state index in [9.17, 15) is 0 Å². The molecule has 0 bridgehead atoms. The van der Waals surface area contributed by atoms with Crippen LogP contribution in [0, 0.1) is 5.41 Å². The first-order chi connectivity index (χ1) is 7.57. The Labute approximate surface area is 101 Å². The van der Waals surface area contributed by atoms with Gasteiger partial charge in [-0.2, -0.15) is 0 Å². The Bertz CT molecular complexity index is 215. The fourth-order valence-electron chi connectivity index (χ4n) is 1.59. The molecule has 1 unspecified atom stereocenters. The monoisotopic (exact) mass is 224 g/mol. The minimum Gasteiger partial charge on any atom is -0.312 e. The van der Waals surface area contributed by atoms with Crippen molar-refractivity contribution >= 4 is 5.71 Å². The van der Waals surface area contributed by atoms with Crippen molar-refractivity contribution in [1.29, 1.82) is 5.41 Å². The quantitative estimate of drug-likeness (QED) is 0.347. The summed E-state index contributed by atoms with van der Waals surface area (Å²) in [4.78, 5) is 0. The molecule has 0 aromatic rings. The Morgan fingerprint density at radius 1 is 1.19 bits per heavy atom. The highest BCUT2D eigenvalue weighted by molar-refractivity contribution is 5.86. The molecular formula is C14H28N2. The van der Waals surface area contributed by atoms with Gasteiger partial charge in [-0.15, -0.1) is 0 Å². The first kappa shape index (κ1) is 15.4. The van der Waals surface area contributed by atoms with Crippen LogP contribution in [-0.2, 0) is 0 Å². The molecule has 0 saturated heterocycles. The van der Waals surface area contributed by atoms with Gasteiger partial charge in [0.05, 0.1) is 0 Å². The lowest BCUT2D eigenvalue weighted by molar-refractivity contribution is 0.645. The predicted octanol–water partition coefficient (Wildman–Crippen LogP) is 3.92. The second kappa shape index (κ2) is 9.59. The molecule has 0 radical (unpaired) electrons. The highest BCUT2D eigenvalue weighted by Crippen LogP contribution is 2.08. The normalized spacial score (nSPS) is 12.2. The summed E-state index contributed by atoms with van der Waals surface area (Å²) < 4.78 is 0. The second-order valence-electron chi connectivity index (χ2n) is 4.77. The number of unbranched alkanes of at least 4 members (excludes halogenated alkanes) is 4. The van der Waals surface area contributed by atoms with Crippen molar-refractivity contribution in [3.05, 3.63) is 11.6 Å². The summed E-state index contributed by atoms with van der Waals surface area (Å²) in [6.45, 7) is 6.36. The topological polar surface area (TPSA) is 35.9 Å². The molecule has 1 atom stereocenters. The lowest BCUT2D eigenvalue weighted by Gasteiger charge is -2.11. The fraction of sp³-hybridized carbons (Fsp3) is 0.786. The van der Waals surface area contributed by atoms with E-state index in [-0.39, 0.29) is 6.04 Å². The minimum absolute atomic E-state index is 0.241. The van der Waals surface area contributed by atoms with Gasteiger partial charge in [0.15, 0.2) is 0 Å². The van der Waals surface area contributed by atoms with E-state index in [2.05, 4.69) is 32.2 Å². The van der Waals surface area contributed by atoms with Gasteiger partial charge in [-0.05, 0) is 53.5 Å². The lowest BCUT2D eigenvalue weighted by atomic mass is 10.0. The number of allylic oxidation sites excluding steroid dienone is 2. The zero-order chi connectivity index (χ0) is 12.4. The summed E-state index contributed by atoms with van der Waals surface area (Å²) in [6, 6.07) is 0.241. The largest absolute Gasteiger partial charge is 0.312 e. The number of hydrogen-bond acceptors (Lipinski definition) is 2. The molecule has 0 aliphatic carbocycles. The molecule has 0 aliphatic rings. The van der Waals surface area contributed by atoms with E-state index in [1.54, 1.807) is 0 Å². The molecule has 0 saturated carbocycles. The Morgan fingerprint density at radius 3 is 2.38 bits per heavy atom. The minimum atomic E-state index is 0.241. The van der Waals surface area contributed by atoms with Gasteiger partial charge in [-0.1, -0.05) is 24.5 Å². The van der Waals surface area contributed by atoms with Gasteiger partial charge in [0.1, 0.15) is 0 Å². The molecule has 0 aromatic carbocycles. The highest BCUT2D eigenvalue weighted by atomic mass is 14.9. The van der Waals surface area contributed by atoms with E-state index in [0.29, 0.717) is 0 Å². The number of rotatable bonds is 9. The third kappa shape index (κ3) is 8.66. The van der Waals surface area contributed by atoms with Crippen LogP contribution in [0.15, 0.2) is 11.6 Å². The molecular weight excluding hydrogens is 196 g/mol. The second-order valence-corrected chi connectivity index (χ2v) is 4.77. The smallest absolute Gasteiger partial charge is 0.0417 e. The fourth-order valence-corrected chi connectivity index (χ4v) is 1.59. The highest BCUT2D eigenvalue weighted by Gasteiger charge is 2.04. The van der Waals surface area contributed by atoms with Crippen molar-refractivity contribution < 1.29 is 0 Å². The van der Waals surface area contributed by atoms with Crippen molar-refractivity contribution in [2.45, 2.75) is 65.3 Å². The zero-order valence-electron chi connectivity index (χ0n) is 11.4. The van der Waals surface area contributed by atoms with Gasteiger partial charge in [-0.3, -0.25) is 0 Å². The van der Waals surface area contributed by atoms with Crippen molar-refractivity contribution in [3.63, 3.8) is 0 Å². The molecule has 0 amide bonds. The van der Waals surface area contributed by atoms with Crippen molar-refractivity contribution in [1.82, 2.24) is 5.32 Å². The van der Waals surface area contributed by atoms with E-state index in [1.165, 1.54) is 37.7 Å². The maximum Gasteiger partial charge on any atom is 0.0417 e. The molecule has 0 aliphatic heterocycles. The lowest BCUT2D eigenvalue weighted by Crippen LogP contribution is -2.29. The maximum absolute atomic E-state index is 7.80. The third-order valence-electron chi connectivity index (χ3n) is 2.91. The van der Waals surface area contributed by atoms with Crippen LogP contribution >= 0.6 is 0 Å². The molecule has 0 aromatic heterocycles. The Balaban J connectivity index is 3.34. The molecule has 0 spiro atoms. The summed E-state index contributed by atoms with van der Waals surface area (Å²) in [5.41, 5.74) is 2.26. The van der Waals surface area contributed by atoms with Gasteiger partial charge in [0.25, 0.3) is 0 Å². The third-order valence-corrected chi connectivity index (χ3v) is 2.91. The average Bonchev–Trinajstić information content (AvgIpc) is 2.25. The summed E-state index contributed by atoms with van der Waals surface area (Å²) >= 11 is 0. The van der Waals surface area contributed by atoms with Crippen LogP contribution in [0.5, 0.6) is 0 Å². The van der Waals surface area contributed by atoms with E-state index in [4.69, 9.17) is 5.41 Å². The Morgan fingerprint density at radius 2 is 1.81 bits per heavy atom. The molecule has 0 heterocycles. The van der Waals surface area contributed by atoms with E-state index < -0.39 is 0 Å². The summed E-state index contributed by atoms with van der Waals surface area (Å²) in [6.07, 6.45) is 9.49. The first-order valence-electron chi connectivity index (χ1n) is 6.46. The molecule has 2 nitrogen and oxygen atoms in total. The molecule has 94 valence electrons.